The monoisotopic (exact) mass is 515 g/mol. The minimum absolute atomic E-state index is 0.00335. The minimum Gasteiger partial charge on any atom is -0.504 e. The molecule has 4 N–H and O–H groups in total. The van der Waals surface area contributed by atoms with Gasteiger partial charge in [-0.25, -0.2) is 4.98 Å². The van der Waals surface area contributed by atoms with Crippen LogP contribution in [0.1, 0.15) is 28.6 Å². The van der Waals surface area contributed by atoms with Crippen molar-refractivity contribution in [2.75, 3.05) is 12.5 Å². The Hall–Kier alpha value is -3.90. The lowest BCUT2D eigenvalue weighted by atomic mass is 10.1. The van der Waals surface area contributed by atoms with Gasteiger partial charge in [-0.05, 0) is 49.8 Å². The molecule has 0 aliphatic rings. The van der Waals surface area contributed by atoms with Gasteiger partial charge in [-0.15, -0.1) is 0 Å². The molecule has 0 radical (unpaired) electrons. The molecule has 0 saturated heterocycles. The van der Waals surface area contributed by atoms with Crippen molar-refractivity contribution in [3.05, 3.63) is 70.2 Å². The first-order valence-corrected chi connectivity index (χ1v) is 12.6. The Morgan fingerprint density at radius 2 is 1.89 bits per heavy atom. The van der Waals surface area contributed by atoms with Crippen molar-refractivity contribution in [2.24, 2.45) is 5.10 Å². The molecular weight excluding hydrogens is 490 g/mol. The number of rotatable bonds is 9. The fraction of sp³-hybridized carbons (Fsp3) is 0.174. The number of sulfonamides is 1. The Morgan fingerprint density at radius 3 is 2.54 bits per heavy atom. The summed E-state index contributed by atoms with van der Waals surface area (Å²) in [5.41, 5.74) is 7.64. The van der Waals surface area contributed by atoms with E-state index in [4.69, 9.17) is 4.74 Å². The fourth-order valence-corrected chi connectivity index (χ4v) is 4.55. The highest BCUT2D eigenvalue weighted by Gasteiger charge is 2.16. The number of carbonyl (C=O) groups is 1. The molecule has 0 fully saturated rings. The number of hydrazone groups is 1. The SMILES string of the molecule is COc1cc(/C=C\C(=N/NS(=O)(=O)c2ccc(C)cc2)c2sc(NNC(C)=O)nc2C)ccc1O. The summed E-state index contributed by atoms with van der Waals surface area (Å²) in [5.74, 6) is -0.00168. The van der Waals surface area contributed by atoms with Crippen LogP contribution in [0.25, 0.3) is 6.08 Å². The molecule has 12 heteroatoms. The smallest absolute Gasteiger partial charge is 0.276 e. The third-order valence-electron chi connectivity index (χ3n) is 4.63. The van der Waals surface area contributed by atoms with Crippen LogP contribution in [-0.4, -0.2) is 37.2 Å². The first-order chi connectivity index (χ1) is 16.6. The molecule has 3 aromatic rings. The zero-order valence-electron chi connectivity index (χ0n) is 19.5. The van der Waals surface area contributed by atoms with Gasteiger partial charge in [0.25, 0.3) is 10.0 Å². The van der Waals surface area contributed by atoms with E-state index in [1.54, 1.807) is 43.3 Å². The molecule has 0 aliphatic carbocycles. The van der Waals surface area contributed by atoms with Crippen LogP contribution >= 0.6 is 11.3 Å². The Kier molecular flexibility index (Phi) is 8.10. The number of methoxy groups -OCH3 is 1. The van der Waals surface area contributed by atoms with Gasteiger partial charge in [-0.3, -0.25) is 15.6 Å². The molecule has 3 rings (SSSR count). The molecule has 0 bridgehead atoms. The van der Waals surface area contributed by atoms with E-state index in [1.807, 2.05) is 6.92 Å². The highest BCUT2D eigenvalue weighted by Crippen LogP contribution is 2.28. The molecule has 0 unspecified atom stereocenters. The van der Waals surface area contributed by atoms with Gasteiger partial charge in [0.1, 0.15) is 5.71 Å². The molecule has 0 saturated carbocycles. The molecule has 2 aromatic carbocycles. The van der Waals surface area contributed by atoms with Gasteiger partial charge in [0.15, 0.2) is 11.5 Å². The summed E-state index contributed by atoms with van der Waals surface area (Å²) < 4.78 is 30.7. The van der Waals surface area contributed by atoms with Crippen molar-refractivity contribution < 1.29 is 23.1 Å². The normalized spacial score (nSPS) is 11.9. The van der Waals surface area contributed by atoms with Crippen molar-refractivity contribution in [3.8, 4) is 11.5 Å². The molecule has 0 spiro atoms. The number of aromatic nitrogens is 1. The Labute approximate surface area is 207 Å². The number of allylic oxidation sites excluding steroid dienone is 1. The summed E-state index contributed by atoms with van der Waals surface area (Å²) in [5, 5.41) is 14.4. The van der Waals surface area contributed by atoms with Gasteiger partial charge in [0, 0.05) is 6.92 Å². The first-order valence-electron chi connectivity index (χ1n) is 10.3. The number of ether oxygens (including phenoxy) is 1. The van der Waals surface area contributed by atoms with Gasteiger partial charge in [-0.1, -0.05) is 41.2 Å². The number of aromatic hydroxyl groups is 1. The zero-order valence-corrected chi connectivity index (χ0v) is 21.1. The number of nitrogens with zero attached hydrogens (tertiary/aromatic N) is 2. The highest BCUT2D eigenvalue weighted by atomic mass is 32.2. The van der Waals surface area contributed by atoms with Crippen molar-refractivity contribution >= 4 is 44.2 Å². The van der Waals surface area contributed by atoms with E-state index < -0.39 is 10.0 Å². The van der Waals surface area contributed by atoms with Crippen LogP contribution < -0.4 is 20.4 Å². The standard InChI is InChI=1S/C23H25N5O5S2/c1-14-5-9-18(10-6-14)35(31,32)28-26-19(11-7-17-8-12-20(30)21(13-17)33-4)22-15(2)24-23(34-22)27-25-16(3)29/h5-13,28,30H,1-4H3,(H,24,27)(H,25,29)/b11-7-,26-19+. The lowest BCUT2D eigenvalue weighted by molar-refractivity contribution is -0.118. The number of thiazole rings is 1. The number of carbonyl (C=O) groups excluding carboxylic acids is 1. The summed E-state index contributed by atoms with van der Waals surface area (Å²) in [4.78, 5) is 18.5. The topological polar surface area (TPSA) is 142 Å². The fourth-order valence-electron chi connectivity index (χ4n) is 2.85. The second kappa shape index (κ2) is 11.0. The lowest BCUT2D eigenvalue weighted by Gasteiger charge is -2.06. The van der Waals surface area contributed by atoms with E-state index >= 15 is 0 Å². The highest BCUT2D eigenvalue weighted by molar-refractivity contribution is 7.89. The maximum Gasteiger partial charge on any atom is 0.276 e. The van der Waals surface area contributed by atoms with Crippen LogP contribution in [0.15, 0.2) is 58.5 Å². The predicted molar refractivity (Wildman–Crippen MR) is 136 cm³/mol. The number of phenols is 1. The van der Waals surface area contributed by atoms with E-state index in [2.05, 4.69) is 25.8 Å². The van der Waals surface area contributed by atoms with Gasteiger partial charge >= 0.3 is 0 Å². The third-order valence-corrected chi connectivity index (χ3v) is 6.95. The Morgan fingerprint density at radius 1 is 1.17 bits per heavy atom. The van der Waals surface area contributed by atoms with Crippen molar-refractivity contribution in [1.82, 2.24) is 15.2 Å². The summed E-state index contributed by atoms with van der Waals surface area (Å²) >= 11 is 1.18. The largest absolute Gasteiger partial charge is 0.504 e. The molecule has 10 nitrogen and oxygen atoms in total. The molecule has 35 heavy (non-hydrogen) atoms. The quantitative estimate of drug-likeness (QED) is 0.253. The molecular formula is C23H25N5O5S2. The van der Waals surface area contributed by atoms with Crippen molar-refractivity contribution in [3.63, 3.8) is 0 Å². The maximum atomic E-state index is 12.8. The van der Waals surface area contributed by atoms with Gasteiger partial charge in [0.2, 0.25) is 11.0 Å². The number of hydrazine groups is 1. The van der Waals surface area contributed by atoms with Crippen LogP contribution in [0.3, 0.4) is 0 Å². The van der Waals surface area contributed by atoms with Crippen molar-refractivity contribution in [1.29, 1.82) is 0 Å². The third kappa shape index (κ3) is 6.80. The second-order valence-electron chi connectivity index (χ2n) is 7.41. The molecule has 0 atom stereocenters. The van der Waals surface area contributed by atoms with E-state index in [1.165, 1.54) is 43.6 Å². The Balaban J connectivity index is 1.98. The van der Waals surface area contributed by atoms with E-state index in [9.17, 15) is 18.3 Å². The number of anilines is 1. The lowest BCUT2D eigenvalue weighted by Crippen LogP contribution is -2.26. The predicted octanol–water partition coefficient (Wildman–Crippen LogP) is 3.33. The average molecular weight is 516 g/mol. The van der Waals surface area contributed by atoms with Crippen LogP contribution in [0.2, 0.25) is 0 Å². The summed E-state index contributed by atoms with van der Waals surface area (Å²) in [6, 6.07) is 11.2. The average Bonchev–Trinajstić information content (AvgIpc) is 3.19. The summed E-state index contributed by atoms with van der Waals surface area (Å²) in [6.45, 7) is 4.96. The number of amides is 1. The molecule has 1 amide bonds. The zero-order chi connectivity index (χ0) is 25.6. The van der Waals surface area contributed by atoms with E-state index in [0.29, 0.717) is 32.7 Å². The second-order valence-corrected chi connectivity index (χ2v) is 10.1. The van der Waals surface area contributed by atoms with Crippen LogP contribution in [0, 0.1) is 13.8 Å². The molecule has 1 aromatic heterocycles. The van der Waals surface area contributed by atoms with Crippen LogP contribution in [0.4, 0.5) is 5.13 Å². The van der Waals surface area contributed by atoms with Gasteiger partial charge in [-0.2, -0.15) is 18.4 Å². The van der Waals surface area contributed by atoms with Crippen LogP contribution in [0.5, 0.6) is 11.5 Å². The van der Waals surface area contributed by atoms with Crippen LogP contribution in [-0.2, 0) is 14.8 Å². The van der Waals surface area contributed by atoms with Gasteiger partial charge < -0.3 is 9.84 Å². The minimum atomic E-state index is -3.92. The van der Waals surface area contributed by atoms with E-state index in [-0.39, 0.29) is 16.6 Å². The maximum absolute atomic E-state index is 12.8. The summed E-state index contributed by atoms with van der Waals surface area (Å²) in [7, 11) is -2.48. The Bertz CT molecular complexity index is 1380. The number of hydrogen-bond acceptors (Lipinski definition) is 9. The number of hydrogen-bond donors (Lipinski definition) is 4. The summed E-state index contributed by atoms with van der Waals surface area (Å²) in [6.07, 6.45) is 3.31. The number of phenolic OH excluding ortho intramolecular Hbond substituents is 1. The number of benzene rings is 2. The number of aryl methyl sites for hydroxylation is 2. The first kappa shape index (κ1) is 25.7. The number of nitrogens with one attached hydrogen (secondary N) is 3. The molecule has 1 heterocycles. The van der Waals surface area contributed by atoms with E-state index in [0.717, 1.165) is 5.56 Å². The van der Waals surface area contributed by atoms with Crippen molar-refractivity contribution in [2.45, 2.75) is 25.7 Å². The molecule has 184 valence electrons. The van der Waals surface area contributed by atoms with Gasteiger partial charge in [0.05, 0.1) is 22.6 Å². The molecule has 0 aliphatic heterocycles.